The molecule has 1 aromatic heterocycles. The fraction of sp³-hybridized carbons (Fsp3) is 0.520. The Bertz CT molecular complexity index is 1210. The number of rotatable bonds is 6. The molecule has 0 aliphatic carbocycles. The van der Waals surface area contributed by atoms with Gasteiger partial charge in [0.25, 0.3) is 0 Å². The molecule has 0 bridgehead atoms. The molecule has 1 fully saturated rings. The summed E-state index contributed by atoms with van der Waals surface area (Å²) in [5.74, 6) is -0.992. The first-order chi connectivity index (χ1) is 16.2. The number of carboxylic acid groups (broad SMARTS) is 1. The summed E-state index contributed by atoms with van der Waals surface area (Å²) in [6, 6.07) is 5.29. The summed E-state index contributed by atoms with van der Waals surface area (Å²) in [5, 5.41) is 40.3. The van der Waals surface area contributed by atoms with Crippen molar-refractivity contribution in [1.82, 2.24) is 0 Å². The van der Waals surface area contributed by atoms with Crippen molar-refractivity contribution < 1.29 is 43.8 Å². The zero-order chi connectivity index (χ0) is 25.9. The van der Waals surface area contributed by atoms with E-state index in [4.69, 9.17) is 18.6 Å². The van der Waals surface area contributed by atoms with Gasteiger partial charge in [-0.25, -0.2) is 9.59 Å². The van der Waals surface area contributed by atoms with Crippen LogP contribution in [0, 0.1) is 0 Å². The van der Waals surface area contributed by atoms with Crippen molar-refractivity contribution in [2.75, 3.05) is 0 Å². The average molecular weight is 491 g/mol. The Morgan fingerprint density at radius 1 is 1.11 bits per heavy atom. The van der Waals surface area contributed by atoms with E-state index in [0.717, 1.165) is 10.9 Å². The molecule has 0 saturated carbocycles. The molecule has 6 unspecified atom stereocenters. The molecule has 4 rings (SSSR count). The van der Waals surface area contributed by atoms with Crippen LogP contribution in [0.3, 0.4) is 0 Å². The largest absolute Gasteiger partial charge is 0.487 e. The minimum Gasteiger partial charge on any atom is -0.487 e. The Hall–Kier alpha value is -2.76. The second kappa shape index (κ2) is 8.72. The average Bonchev–Trinajstić information content (AvgIpc) is 3.21. The van der Waals surface area contributed by atoms with Gasteiger partial charge in [0.1, 0.15) is 41.3 Å². The lowest BCUT2D eigenvalue weighted by Crippen LogP contribution is -2.62. The van der Waals surface area contributed by atoms with E-state index in [9.17, 15) is 30.0 Å². The molecule has 2 aromatic rings. The minimum atomic E-state index is -1.81. The number of hydrogen-bond donors (Lipinski definition) is 4. The normalized spacial score (nSPS) is 29.0. The molecule has 190 valence electrons. The third-order valence-corrected chi connectivity index (χ3v) is 6.80. The molecule has 2 aliphatic heterocycles. The van der Waals surface area contributed by atoms with E-state index in [-0.39, 0.29) is 0 Å². The fourth-order valence-corrected chi connectivity index (χ4v) is 4.33. The third-order valence-electron chi connectivity index (χ3n) is 6.80. The van der Waals surface area contributed by atoms with E-state index in [1.54, 1.807) is 32.1 Å². The van der Waals surface area contributed by atoms with E-state index in [2.05, 4.69) is 6.58 Å². The molecule has 6 atom stereocenters. The zero-order valence-corrected chi connectivity index (χ0v) is 19.9. The first-order valence-corrected chi connectivity index (χ1v) is 11.3. The van der Waals surface area contributed by atoms with E-state index in [1.807, 2.05) is 19.9 Å². The lowest BCUT2D eigenvalue weighted by Gasteiger charge is -2.42. The highest BCUT2D eigenvalue weighted by Gasteiger charge is 2.50. The van der Waals surface area contributed by atoms with Crippen LogP contribution in [0.25, 0.3) is 11.0 Å². The number of carbonyl (C=O) groups is 1. The second-order valence-corrected chi connectivity index (χ2v) is 10.1. The van der Waals surface area contributed by atoms with E-state index in [0.29, 0.717) is 23.3 Å². The first kappa shape index (κ1) is 25.3. The van der Waals surface area contributed by atoms with Crippen LogP contribution in [0.2, 0.25) is 0 Å². The van der Waals surface area contributed by atoms with Crippen LogP contribution in [-0.4, -0.2) is 68.8 Å². The van der Waals surface area contributed by atoms with E-state index in [1.165, 1.54) is 0 Å². The van der Waals surface area contributed by atoms with Gasteiger partial charge in [-0.05, 0) is 31.5 Å². The Morgan fingerprint density at radius 3 is 2.43 bits per heavy atom. The Balaban J connectivity index is 1.58. The summed E-state index contributed by atoms with van der Waals surface area (Å²) in [7, 11) is 0. The Labute approximate surface area is 201 Å². The molecule has 10 nitrogen and oxygen atoms in total. The van der Waals surface area contributed by atoms with Gasteiger partial charge < -0.3 is 39.1 Å². The van der Waals surface area contributed by atoms with Crippen molar-refractivity contribution in [1.29, 1.82) is 0 Å². The molecule has 1 saturated heterocycles. The molecular formula is C25H30O10. The molecule has 0 radical (unpaired) electrons. The molecule has 35 heavy (non-hydrogen) atoms. The van der Waals surface area contributed by atoms with Gasteiger partial charge in [0.15, 0.2) is 12.4 Å². The van der Waals surface area contributed by atoms with E-state index >= 15 is 0 Å². The van der Waals surface area contributed by atoms with Gasteiger partial charge in [0, 0.05) is 28.9 Å². The van der Waals surface area contributed by atoms with Crippen molar-refractivity contribution in [3.8, 4) is 5.75 Å². The Kier molecular flexibility index (Phi) is 6.31. The molecular weight excluding hydrogens is 460 g/mol. The zero-order valence-electron chi connectivity index (χ0n) is 19.9. The molecule has 4 N–H and O–H groups in total. The number of aliphatic hydroxyl groups is 3. The highest BCUT2D eigenvalue weighted by atomic mass is 16.7. The topological polar surface area (TPSA) is 156 Å². The van der Waals surface area contributed by atoms with Crippen LogP contribution in [0.5, 0.6) is 5.75 Å². The highest BCUT2D eigenvalue weighted by Crippen LogP contribution is 2.39. The number of hydrogen-bond acceptors (Lipinski definition) is 9. The number of carboxylic acids is 1. The maximum Gasteiger partial charge on any atom is 0.340 e. The van der Waals surface area contributed by atoms with Gasteiger partial charge in [-0.15, -0.1) is 6.58 Å². The summed E-state index contributed by atoms with van der Waals surface area (Å²) in [5.41, 5.74) is -0.453. The smallest absolute Gasteiger partial charge is 0.340 e. The predicted octanol–water partition coefficient (Wildman–Crippen LogP) is 1.25. The number of fused-ring (bicyclic) bond motifs is 2. The van der Waals surface area contributed by atoms with Crippen molar-refractivity contribution in [3.63, 3.8) is 0 Å². The molecule has 0 amide bonds. The maximum atomic E-state index is 12.5. The van der Waals surface area contributed by atoms with Crippen molar-refractivity contribution in [3.05, 3.63) is 52.4 Å². The molecule has 1 aromatic carbocycles. The molecule has 10 heteroatoms. The van der Waals surface area contributed by atoms with Crippen molar-refractivity contribution in [2.24, 2.45) is 0 Å². The van der Waals surface area contributed by atoms with Crippen LogP contribution in [0.1, 0.15) is 38.8 Å². The molecule has 3 heterocycles. The summed E-state index contributed by atoms with van der Waals surface area (Å²) in [6.07, 6.45) is -7.01. The van der Waals surface area contributed by atoms with Crippen molar-refractivity contribution >= 4 is 16.9 Å². The highest BCUT2D eigenvalue weighted by molar-refractivity contribution is 5.80. The van der Waals surface area contributed by atoms with Crippen LogP contribution >= 0.6 is 0 Å². The standard InChI is InChI=1S/C25H30O10/c1-6-24(2,3)13-8-11-7-12-9-16(32-14(12)10-15(11)33-22(13)31)25(4,5)35-23-19(28)17(26)18(27)20(34-23)21(29)30/h6-8,10,16-20,23,26-28H,1,9H2,2-5H3,(H,29,30). The van der Waals surface area contributed by atoms with Gasteiger partial charge in [-0.3, -0.25) is 0 Å². The monoisotopic (exact) mass is 490 g/mol. The lowest BCUT2D eigenvalue weighted by molar-refractivity contribution is -0.323. The number of aliphatic hydroxyl groups excluding tert-OH is 3. The number of allylic oxidation sites excluding steroid dienone is 1. The second-order valence-electron chi connectivity index (χ2n) is 10.1. The van der Waals surface area contributed by atoms with Gasteiger partial charge in [0.2, 0.25) is 0 Å². The fourth-order valence-electron chi connectivity index (χ4n) is 4.33. The van der Waals surface area contributed by atoms with E-state index < -0.39 is 59.4 Å². The minimum absolute atomic E-state index is 0.365. The summed E-state index contributed by atoms with van der Waals surface area (Å²) in [4.78, 5) is 23.9. The maximum absolute atomic E-state index is 12.5. The summed E-state index contributed by atoms with van der Waals surface area (Å²) < 4.78 is 22.7. The number of benzene rings is 1. The number of ether oxygens (including phenoxy) is 3. The van der Waals surface area contributed by atoms with Crippen LogP contribution in [0.4, 0.5) is 0 Å². The van der Waals surface area contributed by atoms with Crippen LogP contribution < -0.4 is 10.4 Å². The van der Waals surface area contributed by atoms with Crippen molar-refractivity contribution in [2.45, 2.75) is 81.9 Å². The summed E-state index contributed by atoms with van der Waals surface area (Å²) in [6.45, 7) is 10.9. The van der Waals surface area contributed by atoms with Crippen LogP contribution in [0.15, 0.2) is 40.1 Å². The van der Waals surface area contributed by atoms with Gasteiger partial charge >= 0.3 is 11.6 Å². The van der Waals surface area contributed by atoms with Gasteiger partial charge in [-0.1, -0.05) is 19.9 Å². The third kappa shape index (κ3) is 4.48. The number of aliphatic carboxylic acids is 1. The molecule has 0 spiro atoms. The molecule has 2 aliphatic rings. The van der Waals surface area contributed by atoms with Gasteiger partial charge in [-0.2, -0.15) is 0 Å². The SMILES string of the molecule is C=CC(C)(C)c1cc2cc3c(cc2oc1=O)OC(C(C)(C)OC1OC(C(=O)O)C(O)C(O)C1O)C3. The van der Waals surface area contributed by atoms with Crippen LogP contribution in [-0.2, 0) is 26.1 Å². The first-order valence-electron chi connectivity index (χ1n) is 11.3. The predicted molar refractivity (Wildman–Crippen MR) is 123 cm³/mol. The van der Waals surface area contributed by atoms with Gasteiger partial charge in [0.05, 0.1) is 0 Å². The lowest BCUT2D eigenvalue weighted by atomic mass is 9.85. The summed E-state index contributed by atoms with van der Waals surface area (Å²) >= 11 is 0. The quantitative estimate of drug-likeness (QED) is 0.343. The Morgan fingerprint density at radius 2 is 1.80 bits per heavy atom.